The van der Waals surface area contributed by atoms with E-state index in [-0.39, 0.29) is 137 Å². The van der Waals surface area contributed by atoms with Gasteiger partial charge in [0.25, 0.3) is 47.3 Å². The molecule has 0 radical (unpaired) electrons. The molecule has 0 saturated carbocycles. The quantitative estimate of drug-likeness (QED) is 0.0147. The number of carbonyl (C=O) groups is 12. The molecule has 8 amide bonds. The highest BCUT2D eigenvalue weighted by Gasteiger charge is 2.28. The first kappa shape index (κ1) is 99.1. The number of aromatic carboxylic acids is 4. The Bertz CT molecular complexity index is 6450. The SMILES string of the molecule is COc1c(NC(=O)c2ccc(N)cc2)ccc(C(=O)Nc2ccc(C(=O)O)cc2OC(C)C)c1OC.COc1cc(C(=O)O)ccc1NC(=O)c1ccc(NC(=O)c2ccc(N)cc2)c(O)c1OC.COc1cc(C(=O)O)ccc1NC(=O)c1ccc(NC(=O)c2ccc(N)cc2)c(OC)c1.COc1cc(C(=O)O)ccc1NC(=O)c1ccc(NC(=O)c2ccc(N)cc2)c(OC)c1O. The minimum Gasteiger partial charge on any atom is -0.504 e. The highest BCUT2D eigenvalue weighted by Crippen LogP contribution is 2.43. The molecule has 0 unspecified atom stereocenters. The third-order valence-electron chi connectivity index (χ3n) is 19.0. The van der Waals surface area contributed by atoms with Crippen LogP contribution in [0, 0.1) is 0 Å². The van der Waals surface area contributed by atoms with Gasteiger partial charge in [-0.15, -0.1) is 0 Å². The largest absolute Gasteiger partial charge is 0.504 e. The third kappa shape index (κ3) is 25.4. The summed E-state index contributed by atoms with van der Waals surface area (Å²) < 4.78 is 47.8. The van der Waals surface area contributed by atoms with Crippen LogP contribution in [0.25, 0.3) is 0 Å². The minimum absolute atomic E-state index is 0.0127. The summed E-state index contributed by atoms with van der Waals surface area (Å²) in [4.78, 5) is 146. The summed E-state index contributed by atoms with van der Waals surface area (Å²) in [5.41, 5.74) is 28.2. The molecule has 0 bridgehead atoms. The van der Waals surface area contributed by atoms with E-state index < -0.39 is 76.7 Å². The molecule has 12 aromatic carbocycles. The van der Waals surface area contributed by atoms with Gasteiger partial charge in [-0.05, 0) is 238 Å². The second-order valence-corrected chi connectivity index (χ2v) is 28.2. The number of carbonyl (C=O) groups excluding carboxylic acids is 8. The first-order chi connectivity index (χ1) is 63.9. The van der Waals surface area contributed by atoms with Gasteiger partial charge in [0.05, 0.1) is 147 Å². The summed E-state index contributed by atoms with van der Waals surface area (Å²) in [7, 11) is 10.8. The molecular weight excluding hydrogens is 1740 g/mol. The number of phenolic OH excluding ortho intramolecular Hbond substituents is 2. The third-order valence-corrected chi connectivity index (χ3v) is 19.0. The van der Waals surface area contributed by atoms with Crippen molar-refractivity contribution in [3.05, 3.63) is 291 Å². The van der Waals surface area contributed by atoms with E-state index in [1.165, 1.54) is 190 Å². The second kappa shape index (κ2) is 45.6. The highest BCUT2D eigenvalue weighted by molar-refractivity contribution is 6.14. The molecule has 0 aliphatic heterocycles. The molecule has 12 rings (SSSR count). The van der Waals surface area contributed by atoms with E-state index in [1.807, 2.05) is 0 Å². The highest BCUT2D eigenvalue weighted by atomic mass is 16.5. The Labute approximate surface area is 763 Å². The number of carboxylic acids is 4. The number of carboxylic acid groups (broad SMARTS) is 4. The molecular formula is C95H90N12O27. The number of methoxy groups -OCH3 is 8. The number of hydrogen-bond donors (Lipinski definition) is 18. The van der Waals surface area contributed by atoms with Gasteiger partial charge in [-0.25, -0.2) is 19.2 Å². The van der Waals surface area contributed by atoms with Crippen molar-refractivity contribution >= 4 is 139 Å². The van der Waals surface area contributed by atoms with Crippen molar-refractivity contribution in [1.82, 2.24) is 0 Å². The zero-order valence-electron chi connectivity index (χ0n) is 73.0. The number of phenols is 2. The van der Waals surface area contributed by atoms with Crippen LogP contribution in [-0.2, 0) is 0 Å². The molecule has 0 fully saturated rings. The molecule has 12 aromatic rings. The van der Waals surface area contributed by atoms with Crippen molar-refractivity contribution in [2.45, 2.75) is 20.0 Å². The normalized spacial score (nSPS) is 10.3. The standard InChI is InChI=1S/C26H27N3O7.2C23H21N3O7.C23H21N3O6/c1-14(2)36-21-13-16(26(32)33)7-11-19(21)28-25(31)18-10-12-20(23(35-4)22(18)34-3)29-24(30)15-5-8-17(27)9-6-15;1-32-18-11-13(23(30)31)5-9-16(18)25-22(29)15-8-10-17(19(27)20(15)33-2)26-21(28)12-3-6-14(24)7-4-12;1-32-18-11-13(23(30)31)5-9-16(18)25-22(29)15-8-10-17(20(33-2)19(15)27)26-21(28)12-3-6-14(24)7-4-12;1-31-19-11-14(5-9-17(19)25-21(27)13-3-7-16(24)8-4-13)22(28)26-18-10-6-15(23(29)30)12-20(18)32-2/h5-14H,27H2,1-4H3,(H,28,31)(H,29,30)(H,32,33);2*3-11,27H,24H2,1-2H3,(H,25,29)(H,26,28)(H,30,31);3-12H,24H2,1-2H3,(H,25,27)(H,26,28)(H,29,30). The maximum absolute atomic E-state index is 13.2. The van der Waals surface area contributed by atoms with Crippen LogP contribution in [0.1, 0.15) is 138 Å². The first-order valence-corrected chi connectivity index (χ1v) is 39.4. The second-order valence-electron chi connectivity index (χ2n) is 28.2. The fraction of sp³-hybridized carbons (Fsp3) is 0.116. The maximum Gasteiger partial charge on any atom is 0.335 e. The molecule has 22 N–H and O–H groups in total. The van der Waals surface area contributed by atoms with E-state index >= 15 is 0 Å². The van der Waals surface area contributed by atoms with Crippen LogP contribution in [0.5, 0.6) is 63.2 Å². The predicted octanol–water partition coefficient (Wildman–Crippen LogP) is 14.2. The number of amides is 8. The van der Waals surface area contributed by atoms with E-state index in [1.54, 1.807) is 105 Å². The first-order valence-electron chi connectivity index (χ1n) is 39.4. The monoisotopic (exact) mass is 1830 g/mol. The number of benzene rings is 12. The van der Waals surface area contributed by atoms with Crippen molar-refractivity contribution in [1.29, 1.82) is 0 Å². The zero-order chi connectivity index (χ0) is 97.9. The number of nitrogen functional groups attached to an aromatic ring is 4. The molecule has 0 heterocycles. The lowest BCUT2D eigenvalue weighted by molar-refractivity contribution is 0.0685. The van der Waals surface area contributed by atoms with Gasteiger partial charge in [0, 0.05) is 50.6 Å². The maximum atomic E-state index is 13.2. The van der Waals surface area contributed by atoms with Gasteiger partial charge < -0.3 is 139 Å². The Hall–Kier alpha value is -18.7. The van der Waals surface area contributed by atoms with Gasteiger partial charge in [0.15, 0.2) is 34.5 Å². The predicted molar refractivity (Wildman–Crippen MR) is 498 cm³/mol. The van der Waals surface area contributed by atoms with Crippen molar-refractivity contribution in [3.63, 3.8) is 0 Å². The number of ether oxygens (including phenoxy) is 9. The van der Waals surface area contributed by atoms with Crippen molar-refractivity contribution < 1.29 is 131 Å². The lowest BCUT2D eigenvalue weighted by Crippen LogP contribution is -2.17. The van der Waals surface area contributed by atoms with Crippen molar-refractivity contribution in [2.24, 2.45) is 0 Å². The summed E-state index contributed by atoms with van der Waals surface area (Å²) >= 11 is 0. The molecule has 39 heteroatoms. The topological polar surface area (TPSA) is 610 Å². The van der Waals surface area contributed by atoms with Crippen LogP contribution in [0.4, 0.5) is 68.2 Å². The fourth-order valence-electron chi connectivity index (χ4n) is 12.3. The number of nitrogens with two attached hydrogens (primary N) is 4. The number of nitrogens with one attached hydrogen (secondary N) is 8. The van der Waals surface area contributed by atoms with Gasteiger partial charge in [-0.3, -0.25) is 38.4 Å². The van der Waals surface area contributed by atoms with Crippen LogP contribution in [0.3, 0.4) is 0 Å². The van der Waals surface area contributed by atoms with E-state index in [4.69, 9.17) is 80.9 Å². The smallest absolute Gasteiger partial charge is 0.335 e. The average molecular weight is 1830 g/mol. The number of hydrogen-bond acceptors (Lipinski definition) is 27. The van der Waals surface area contributed by atoms with E-state index in [9.17, 15) is 72.9 Å². The number of anilines is 12. The summed E-state index contributed by atoms with van der Waals surface area (Å²) in [5.74, 6) is -8.63. The van der Waals surface area contributed by atoms with E-state index in [2.05, 4.69) is 42.5 Å². The van der Waals surface area contributed by atoms with E-state index in [0.717, 1.165) is 0 Å². The average Bonchev–Trinajstić information content (AvgIpc) is 0.795. The van der Waals surface area contributed by atoms with Gasteiger partial charge in [-0.1, -0.05) is 0 Å². The van der Waals surface area contributed by atoms with Crippen LogP contribution >= 0.6 is 0 Å². The van der Waals surface area contributed by atoms with Crippen LogP contribution in [-0.4, -0.2) is 165 Å². The Kier molecular flexibility index (Phi) is 33.7. The number of rotatable bonds is 30. The van der Waals surface area contributed by atoms with Gasteiger partial charge in [0.2, 0.25) is 0 Å². The fourth-order valence-corrected chi connectivity index (χ4v) is 12.3. The Morgan fingerprint density at radius 1 is 0.231 bits per heavy atom. The Balaban J connectivity index is 0.000000201. The van der Waals surface area contributed by atoms with Crippen LogP contribution < -0.4 is 108 Å². The summed E-state index contributed by atoms with van der Waals surface area (Å²) in [6, 6.07) is 54.4. The molecule has 692 valence electrons. The van der Waals surface area contributed by atoms with Gasteiger partial charge in [-0.2, -0.15) is 0 Å². The molecule has 134 heavy (non-hydrogen) atoms. The summed E-state index contributed by atoms with van der Waals surface area (Å²) in [5, 5.41) is 79.0. The molecule has 0 saturated heterocycles. The van der Waals surface area contributed by atoms with Gasteiger partial charge in [0.1, 0.15) is 28.7 Å². The molecule has 39 nitrogen and oxygen atoms in total. The van der Waals surface area contributed by atoms with Crippen LogP contribution in [0.2, 0.25) is 0 Å². The summed E-state index contributed by atoms with van der Waals surface area (Å²) in [6.07, 6.45) is -0.261. The molecule has 0 aliphatic carbocycles. The Morgan fingerprint density at radius 3 is 0.761 bits per heavy atom. The molecule has 0 aliphatic rings. The minimum atomic E-state index is -1.15. The van der Waals surface area contributed by atoms with Gasteiger partial charge >= 0.3 is 23.9 Å². The van der Waals surface area contributed by atoms with E-state index in [0.29, 0.717) is 62.1 Å². The lowest BCUT2D eigenvalue weighted by atomic mass is 10.1. The molecule has 0 aromatic heterocycles. The molecule has 0 atom stereocenters. The zero-order valence-corrected chi connectivity index (χ0v) is 73.0. The molecule has 0 spiro atoms. The number of aromatic hydroxyl groups is 2. The summed E-state index contributed by atoms with van der Waals surface area (Å²) in [6.45, 7) is 3.56. The lowest BCUT2D eigenvalue weighted by Gasteiger charge is -2.18. The van der Waals surface area contributed by atoms with Crippen molar-refractivity contribution in [3.8, 4) is 63.2 Å². The Morgan fingerprint density at radius 2 is 0.455 bits per heavy atom. The van der Waals surface area contributed by atoms with Crippen molar-refractivity contribution in [2.75, 3.05) is 122 Å². The van der Waals surface area contributed by atoms with Crippen LogP contribution in [0.15, 0.2) is 224 Å².